The molecule has 0 aromatic carbocycles. The number of aromatic nitrogens is 4. The molecule has 37 heavy (non-hydrogen) atoms. The molecule has 0 spiro atoms. The summed E-state index contributed by atoms with van der Waals surface area (Å²) in [7, 11) is 0. The van der Waals surface area contributed by atoms with Gasteiger partial charge in [-0.3, -0.25) is 0 Å². The number of thioether (sulfide) groups is 1. The van der Waals surface area contributed by atoms with Crippen molar-refractivity contribution >= 4 is 44.7 Å². The molecule has 2 rings (SSSR count). The number of rotatable bonds is 26. The van der Waals surface area contributed by atoms with E-state index in [1.54, 1.807) is 0 Å². The number of hydrogen-bond donors (Lipinski definition) is 2. The van der Waals surface area contributed by atoms with Crippen molar-refractivity contribution < 1.29 is 0 Å². The third kappa shape index (κ3) is 18.9. The normalized spacial score (nSPS) is 11.5. The molecule has 0 bridgehead atoms. The average Bonchev–Trinajstić information content (AvgIpc) is 3.51. The maximum Gasteiger partial charge on any atom is 0.203 e. The Kier molecular flexibility index (Phi) is 20.1. The minimum atomic E-state index is 0.595. The van der Waals surface area contributed by atoms with Gasteiger partial charge in [-0.2, -0.15) is 11.8 Å². The second-order valence-electron chi connectivity index (χ2n) is 10.3. The molecule has 0 saturated heterocycles. The summed E-state index contributed by atoms with van der Waals surface area (Å²) in [6.45, 7) is 0. The maximum absolute atomic E-state index is 5.62. The summed E-state index contributed by atoms with van der Waals surface area (Å²) in [5.41, 5.74) is 11.2. The zero-order valence-corrected chi connectivity index (χ0v) is 25.6. The molecular formula is C28H52N6S3. The molecule has 0 unspecified atom stereocenters. The number of anilines is 2. The van der Waals surface area contributed by atoms with E-state index >= 15 is 0 Å². The average molecular weight is 569 g/mol. The first-order valence-corrected chi connectivity index (χ1v) is 17.8. The third-order valence-corrected chi connectivity index (χ3v) is 9.60. The molecule has 2 aromatic heterocycles. The van der Waals surface area contributed by atoms with Gasteiger partial charge < -0.3 is 11.5 Å². The van der Waals surface area contributed by atoms with Crippen LogP contribution in [0.4, 0.5) is 10.3 Å². The Labute approximate surface area is 238 Å². The van der Waals surface area contributed by atoms with Crippen LogP contribution < -0.4 is 11.5 Å². The van der Waals surface area contributed by atoms with Crippen LogP contribution in [0, 0.1) is 0 Å². The largest absolute Gasteiger partial charge is 0.374 e. The molecule has 0 aliphatic carbocycles. The first-order valence-electron chi connectivity index (χ1n) is 15.0. The monoisotopic (exact) mass is 568 g/mol. The summed E-state index contributed by atoms with van der Waals surface area (Å²) >= 11 is 5.24. The summed E-state index contributed by atoms with van der Waals surface area (Å²) in [5.74, 6) is 2.74. The predicted octanol–water partition coefficient (Wildman–Crippen LogP) is 8.87. The summed E-state index contributed by atoms with van der Waals surface area (Å²) in [5, 5.41) is 19.3. The van der Waals surface area contributed by atoms with Gasteiger partial charge in [-0.25, -0.2) is 0 Å². The molecule has 0 radical (unpaired) electrons. The lowest BCUT2D eigenvalue weighted by Gasteiger charge is -2.04. The number of hydrogen-bond acceptors (Lipinski definition) is 9. The quantitative estimate of drug-likeness (QED) is 0.109. The van der Waals surface area contributed by atoms with Crippen LogP contribution in [0.3, 0.4) is 0 Å². The zero-order chi connectivity index (χ0) is 26.2. The van der Waals surface area contributed by atoms with Gasteiger partial charge in [-0.15, -0.1) is 20.4 Å². The van der Waals surface area contributed by atoms with Crippen molar-refractivity contribution in [3.63, 3.8) is 0 Å². The van der Waals surface area contributed by atoms with E-state index in [9.17, 15) is 0 Å². The molecular weight excluding hydrogens is 517 g/mol. The van der Waals surface area contributed by atoms with Crippen molar-refractivity contribution in [2.75, 3.05) is 23.0 Å². The fourth-order valence-corrected chi connectivity index (χ4v) is 6.95. The molecule has 4 N–H and O–H groups in total. The van der Waals surface area contributed by atoms with Crippen molar-refractivity contribution in [1.82, 2.24) is 20.4 Å². The number of unbranched alkanes of at least 4 members (excludes halogenated alkanes) is 18. The lowest BCUT2D eigenvalue weighted by molar-refractivity contribution is 0.555. The van der Waals surface area contributed by atoms with Gasteiger partial charge in [-0.05, 0) is 37.2 Å². The van der Waals surface area contributed by atoms with Crippen molar-refractivity contribution in [3.8, 4) is 0 Å². The number of nitrogens with two attached hydrogens (primary N) is 2. The highest BCUT2D eigenvalue weighted by atomic mass is 32.2. The maximum atomic E-state index is 5.62. The molecule has 0 amide bonds. The molecule has 0 saturated carbocycles. The Hall–Kier alpha value is -0.930. The van der Waals surface area contributed by atoms with Gasteiger partial charge in [0.1, 0.15) is 10.0 Å². The number of aryl methyl sites for hydroxylation is 2. The Morgan fingerprint density at radius 1 is 0.405 bits per heavy atom. The minimum absolute atomic E-state index is 0.595. The topological polar surface area (TPSA) is 104 Å². The minimum Gasteiger partial charge on any atom is -0.374 e. The molecule has 0 aliphatic rings. The summed E-state index contributed by atoms with van der Waals surface area (Å²) in [4.78, 5) is 0. The van der Waals surface area contributed by atoms with E-state index < -0.39 is 0 Å². The number of nitrogen functional groups attached to an aromatic ring is 2. The van der Waals surface area contributed by atoms with E-state index in [1.165, 1.54) is 163 Å². The van der Waals surface area contributed by atoms with Crippen molar-refractivity contribution in [3.05, 3.63) is 10.0 Å². The SMILES string of the molecule is Nc1nnc(CCCCCCCCCCCCSCCCCCCCCCCCCc2nnc(N)s2)s1. The van der Waals surface area contributed by atoms with Gasteiger partial charge in [0.05, 0.1) is 0 Å². The first kappa shape index (κ1) is 32.3. The van der Waals surface area contributed by atoms with E-state index in [2.05, 4.69) is 32.2 Å². The highest BCUT2D eigenvalue weighted by molar-refractivity contribution is 7.99. The fraction of sp³-hybridized carbons (Fsp3) is 0.857. The van der Waals surface area contributed by atoms with E-state index in [-0.39, 0.29) is 0 Å². The Morgan fingerprint density at radius 3 is 1.00 bits per heavy atom. The molecule has 0 atom stereocenters. The summed E-state index contributed by atoms with van der Waals surface area (Å²) in [6, 6.07) is 0. The lowest BCUT2D eigenvalue weighted by atomic mass is 10.1. The second-order valence-corrected chi connectivity index (χ2v) is 13.7. The number of nitrogens with zero attached hydrogens (tertiary/aromatic N) is 4. The van der Waals surface area contributed by atoms with Crippen molar-refractivity contribution in [2.24, 2.45) is 0 Å². The molecule has 2 aromatic rings. The van der Waals surface area contributed by atoms with E-state index in [0.29, 0.717) is 10.3 Å². The van der Waals surface area contributed by atoms with Crippen LogP contribution >= 0.6 is 34.4 Å². The van der Waals surface area contributed by atoms with E-state index in [1.807, 2.05) is 0 Å². The van der Waals surface area contributed by atoms with Gasteiger partial charge in [0.25, 0.3) is 0 Å². The van der Waals surface area contributed by atoms with E-state index in [4.69, 9.17) is 11.5 Å². The van der Waals surface area contributed by atoms with Crippen LogP contribution in [0.15, 0.2) is 0 Å². The van der Waals surface area contributed by atoms with Gasteiger partial charge in [0.15, 0.2) is 0 Å². The van der Waals surface area contributed by atoms with Crippen LogP contribution in [0.25, 0.3) is 0 Å². The Bertz CT molecular complexity index is 704. The van der Waals surface area contributed by atoms with Crippen LogP contribution in [-0.2, 0) is 12.8 Å². The fourth-order valence-electron chi connectivity index (χ4n) is 4.63. The molecule has 0 aliphatic heterocycles. The summed E-state index contributed by atoms with van der Waals surface area (Å²) < 4.78 is 0. The molecule has 9 heteroatoms. The highest BCUT2D eigenvalue weighted by Gasteiger charge is 2.02. The first-order chi connectivity index (χ1) is 18.2. The van der Waals surface area contributed by atoms with Gasteiger partial charge in [-0.1, -0.05) is 125 Å². The summed E-state index contributed by atoms with van der Waals surface area (Å²) in [6.07, 6.45) is 29.6. The Balaban J connectivity index is 1.17. The predicted molar refractivity (Wildman–Crippen MR) is 166 cm³/mol. The van der Waals surface area contributed by atoms with Crippen LogP contribution in [-0.4, -0.2) is 31.9 Å². The highest BCUT2D eigenvalue weighted by Crippen LogP contribution is 2.18. The molecule has 2 heterocycles. The van der Waals surface area contributed by atoms with Gasteiger partial charge in [0, 0.05) is 12.8 Å². The second kappa shape index (κ2) is 23.0. The van der Waals surface area contributed by atoms with Crippen LogP contribution in [0.1, 0.15) is 138 Å². The van der Waals surface area contributed by atoms with Crippen LogP contribution in [0.5, 0.6) is 0 Å². The molecule has 212 valence electrons. The van der Waals surface area contributed by atoms with Crippen molar-refractivity contribution in [2.45, 2.75) is 141 Å². The third-order valence-electron chi connectivity index (χ3n) is 6.82. The van der Waals surface area contributed by atoms with Crippen LogP contribution in [0.2, 0.25) is 0 Å². The van der Waals surface area contributed by atoms with Gasteiger partial charge >= 0.3 is 0 Å². The standard InChI is InChI=1S/C28H52N6S3/c29-27-33-31-25(36-27)21-17-13-9-5-1-3-7-11-15-19-23-35-24-20-16-12-8-4-2-6-10-14-18-22-26-32-34-28(30)37-26/h1-24H2,(H2,29,33)(H2,30,34). The smallest absolute Gasteiger partial charge is 0.203 e. The molecule has 0 fully saturated rings. The van der Waals surface area contributed by atoms with Gasteiger partial charge in [0.2, 0.25) is 10.3 Å². The van der Waals surface area contributed by atoms with Crippen molar-refractivity contribution in [1.29, 1.82) is 0 Å². The zero-order valence-electron chi connectivity index (χ0n) is 23.1. The molecule has 6 nitrogen and oxygen atoms in total. The Morgan fingerprint density at radius 2 is 0.703 bits per heavy atom. The van der Waals surface area contributed by atoms with E-state index in [0.717, 1.165) is 22.9 Å². The lowest BCUT2D eigenvalue weighted by Crippen LogP contribution is -1.88.